The second kappa shape index (κ2) is 11.0. The summed E-state index contributed by atoms with van der Waals surface area (Å²) in [5, 5.41) is 0. The van der Waals surface area contributed by atoms with Crippen molar-refractivity contribution >= 4 is 22.1 Å². The molecule has 2 heterocycles. The van der Waals surface area contributed by atoms with Gasteiger partial charge < -0.3 is 9.97 Å². The summed E-state index contributed by atoms with van der Waals surface area (Å²) in [4.78, 5) is 16.5. The Morgan fingerprint density at radius 3 is 1.21 bits per heavy atom. The highest BCUT2D eigenvalue weighted by atomic mass is 14.9. The van der Waals surface area contributed by atoms with Crippen molar-refractivity contribution in [3.8, 4) is 0 Å². The van der Waals surface area contributed by atoms with Gasteiger partial charge in [-0.2, -0.15) is 0 Å². The van der Waals surface area contributed by atoms with Crippen LogP contribution in [0.2, 0.25) is 0 Å². The third kappa shape index (κ3) is 6.25. The van der Waals surface area contributed by atoms with E-state index in [1.807, 2.05) is 0 Å². The highest BCUT2D eigenvalue weighted by Crippen LogP contribution is 2.20. The molecule has 176 valence electrons. The normalized spacial score (nSPS) is 11.8. The Morgan fingerprint density at radius 1 is 0.485 bits per heavy atom. The van der Waals surface area contributed by atoms with E-state index in [9.17, 15) is 0 Å². The molecule has 0 unspecified atom stereocenters. The van der Waals surface area contributed by atoms with Gasteiger partial charge in [-0.3, -0.25) is 0 Å². The highest BCUT2D eigenvalue weighted by molar-refractivity contribution is 5.77. The molecule has 2 aromatic heterocycles. The van der Waals surface area contributed by atoms with Crippen molar-refractivity contribution in [3.63, 3.8) is 0 Å². The van der Waals surface area contributed by atoms with Gasteiger partial charge >= 0.3 is 0 Å². The molecule has 0 aliphatic rings. The van der Waals surface area contributed by atoms with E-state index in [4.69, 9.17) is 9.97 Å². The number of aromatic nitrogens is 4. The number of aromatic amines is 2. The Labute approximate surface area is 198 Å². The van der Waals surface area contributed by atoms with Crippen LogP contribution in [0.25, 0.3) is 22.1 Å². The van der Waals surface area contributed by atoms with Crippen LogP contribution in [-0.4, -0.2) is 19.9 Å². The van der Waals surface area contributed by atoms with Crippen LogP contribution in [0, 0.1) is 27.7 Å². The van der Waals surface area contributed by atoms with Crippen LogP contribution in [0.3, 0.4) is 0 Å². The average Bonchev–Trinajstić information content (AvgIpc) is 3.35. The number of H-pyrrole nitrogens is 2. The zero-order chi connectivity index (χ0) is 23.2. The number of hydrogen-bond acceptors (Lipinski definition) is 2. The topological polar surface area (TPSA) is 57.4 Å². The molecule has 4 nitrogen and oxygen atoms in total. The Balaban J connectivity index is 1.04. The maximum absolute atomic E-state index is 4.77. The van der Waals surface area contributed by atoms with E-state index < -0.39 is 0 Å². The van der Waals surface area contributed by atoms with Crippen LogP contribution < -0.4 is 0 Å². The van der Waals surface area contributed by atoms with Crippen molar-refractivity contribution < 1.29 is 0 Å². The van der Waals surface area contributed by atoms with E-state index in [1.165, 1.54) is 91.1 Å². The molecule has 0 saturated heterocycles. The zero-order valence-electron chi connectivity index (χ0n) is 21.0. The number of benzene rings is 2. The van der Waals surface area contributed by atoms with Crippen molar-refractivity contribution in [2.75, 3.05) is 0 Å². The molecule has 0 fully saturated rings. The first-order valence-corrected chi connectivity index (χ1v) is 12.9. The molecule has 2 N–H and O–H groups in total. The second-order valence-corrected chi connectivity index (χ2v) is 9.96. The summed E-state index contributed by atoms with van der Waals surface area (Å²) in [6.45, 7) is 8.64. The number of imidazole rings is 2. The van der Waals surface area contributed by atoms with Gasteiger partial charge in [-0.1, -0.05) is 44.9 Å². The number of fused-ring (bicyclic) bond motifs is 2. The third-order valence-corrected chi connectivity index (χ3v) is 7.12. The lowest BCUT2D eigenvalue weighted by Gasteiger charge is -2.02. The number of rotatable bonds is 12. The fourth-order valence-electron chi connectivity index (χ4n) is 4.70. The molecule has 0 saturated carbocycles. The van der Waals surface area contributed by atoms with E-state index in [2.05, 4.69) is 61.9 Å². The van der Waals surface area contributed by atoms with Gasteiger partial charge in [0.15, 0.2) is 0 Å². The summed E-state index contributed by atoms with van der Waals surface area (Å²) >= 11 is 0. The standard InChI is InChI=1S/C29H40N4/c1-20-16-24-25(17-21(20)2)31-28(30-24)14-12-10-8-6-5-7-9-11-13-15-29-32-26-18-22(3)23(4)19-27(26)33-29/h16-19H,5-15H2,1-4H3,(H,30,31)(H,32,33). The van der Waals surface area contributed by atoms with Gasteiger partial charge in [0.25, 0.3) is 0 Å². The van der Waals surface area contributed by atoms with Gasteiger partial charge in [0.1, 0.15) is 11.6 Å². The van der Waals surface area contributed by atoms with Crippen LogP contribution in [0.1, 0.15) is 91.7 Å². The molecule has 4 rings (SSSR count). The molecule has 0 radical (unpaired) electrons. The average molecular weight is 445 g/mol. The number of hydrogen-bond donors (Lipinski definition) is 2. The molecule has 0 amide bonds. The van der Waals surface area contributed by atoms with Crippen LogP contribution in [-0.2, 0) is 12.8 Å². The van der Waals surface area contributed by atoms with E-state index in [0.717, 1.165) is 35.5 Å². The van der Waals surface area contributed by atoms with Gasteiger partial charge in [-0.15, -0.1) is 0 Å². The molecule has 0 aliphatic heterocycles. The number of nitrogens with zero attached hydrogens (tertiary/aromatic N) is 2. The zero-order valence-corrected chi connectivity index (χ0v) is 21.0. The quantitative estimate of drug-likeness (QED) is 0.218. The molecular formula is C29H40N4. The highest BCUT2D eigenvalue weighted by Gasteiger charge is 2.06. The maximum Gasteiger partial charge on any atom is 0.107 e. The monoisotopic (exact) mass is 444 g/mol. The van der Waals surface area contributed by atoms with E-state index in [-0.39, 0.29) is 0 Å². The Kier molecular flexibility index (Phi) is 7.85. The molecule has 0 atom stereocenters. The van der Waals surface area contributed by atoms with Crippen molar-refractivity contribution in [1.82, 2.24) is 19.9 Å². The molecule has 0 spiro atoms. The second-order valence-electron chi connectivity index (χ2n) is 9.96. The lowest BCUT2D eigenvalue weighted by molar-refractivity contribution is 0.555. The molecule has 4 aromatic rings. The number of aryl methyl sites for hydroxylation is 6. The summed E-state index contributed by atoms with van der Waals surface area (Å²) in [5.74, 6) is 2.29. The molecular weight excluding hydrogens is 404 g/mol. The molecule has 33 heavy (non-hydrogen) atoms. The smallest absolute Gasteiger partial charge is 0.107 e. The molecule has 0 bridgehead atoms. The van der Waals surface area contributed by atoms with E-state index in [0.29, 0.717) is 0 Å². The summed E-state index contributed by atoms with van der Waals surface area (Å²) in [5.41, 5.74) is 9.88. The molecule has 0 aliphatic carbocycles. The predicted octanol–water partition coefficient (Wildman–Crippen LogP) is 7.97. The van der Waals surface area contributed by atoms with E-state index in [1.54, 1.807) is 0 Å². The SMILES string of the molecule is Cc1cc2nc(CCCCCCCCCCCc3nc4cc(C)c(C)cc4[nH]3)[nH]c2cc1C. The van der Waals surface area contributed by atoms with Gasteiger partial charge in [-0.05, 0) is 87.1 Å². The minimum absolute atomic E-state index is 1.06. The summed E-state index contributed by atoms with van der Waals surface area (Å²) < 4.78 is 0. The van der Waals surface area contributed by atoms with Crippen LogP contribution >= 0.6 is 0 Å². The largest absolute Gasteiger partial charge is 0.342 e. The number of unbranched alkanes of at least 4 members (excludes halogenated alkanes) is 8. The first-order valence-electron chi connectivity index (χ1n) is 12.9. The summed E-state index contributed by atoms with van der Waals surface area (Å²) in [6, 6.07) is 8.84. The van der Waals surface area contributed by atoms with Crippen molar-refractivity contribution in [2.24, 2.45) is 0 Å². The summed E-state index contributed by atoms with van der Waals surface area (Å²) in [7, 11) is 0. The minimum atomic E-state index is 1.06. The van der Waals surface area contributed by atoms with Crippen LogP contribution in [0.15, 0.2) is 24.3 Å². The van der Waals surface area contributed by atoms with Crippen LogP contribution in [0.5, 0.6) is 0 Å². The molecule has 4 heteroatoms. The van der Waals surface area contributed by atoms with Gasteiger partial charge in [0, 0.05) is 12.8 Å². The van der Waals surface area contributed by atoms with Crippen LogP contribution in [0.4, 0.5) is 0 Å². The van der Waals surface area contributed by atoms with Crippen molar-refractivity contribution in [3.05, 3.63) is 58.2 Å². The number of nitrogens with one attached hydrogen (secondary N) is 2. The van der Waals surface area contributed by atoms with Gasteiger partial charge in [-0.25, -0.2) is 9.97 Å². The minimum Gasteiger partial charge on any atom is -0.342 e. The van der Waals surface area contributed by atoms with Crippen molar-refractivity contribution in [2.45, 2.75) is 98.3 Å². The predicted molar refractivity (Wildman–Crippen MR) is 140 cm³/mol. The lowest BCUT2D eigenvalue weighted by atomic mass is 10.1. The fourth-order valence-corrected chi connectivity index (χ4v) is 4.70. The van der Waals surface area contributed by atoms with Gasteiger partial charge in [0.2, 0.25) is 0 Å². The van der Waals surface area contributed by atoms with Crippen molar-refractivity contribution in [1.29, 1.82) is 0 Å². The first-order chi connectivity index (χ1) is 16.0. The fraction of sp³-hybridized carbons (Fsp3) is 0.517. The van der Waals surface area contributed by atoms with Gasteiger partial charge in [0.05, 0.1) is 22.1 Å². The Hall–Kier alpha value is -2.62. The summed E-state index contributed by atoms with van der Waals surface area (Å²) in [6.07, 6.45) is 14.0. The Bertz CT molecular complexity index is 1030. The Morgan fingerprint density at radius 2 is 0.818 bits per heavy atom. The lowest BCUT2D eigenvalue weighted by Crippen LogP contribution is -1.90. The maximum atomic E-state index is 4.77. The van der Waals surface area contributed by atoms with E-state index >= 15 is 0 Å². The third-order valence-electron chi connectivity index (χ3n) is 7.12. The molecule has 2 aromatic carbocycles. The first kappa shape index (κ1) is 23.5.